The van der Waals surface area contributed by atoms with Crippen LogP contribution < -0.4 is 3.27 Å². The Morgan fingerprint density at radius 1 is 0.465 bits per heavy atom. The topological polar surface area (TPSA) is 0 Å². The van der Waals surface area contributed by atoms with E-state index in [0.717, 1.165) is 0 Å². The first kappa shape index (κ1) is 28.5. The Hall–Kier alpha value is -3.32. The summed E-state index contributed by atoms with van der Waals surface area (Å²) < 4.78 is 10.5. The van der Waals surface area contributed by atoms with Crippen LogP contribution in [0.5, 0.6) is 0 Å². The van der Waals surface area contributed by atoms with Crippen LogP contribution in [0.2, 0.25) is 13.9 Å². The molecule has 0 aromatic heterocycles. The molecule has 7 rings (SSSR count). The monoisotopic (exact) mass is 652 g/mol. The quantitative estimate of drug-likeness (QED) is 0.166. The maximum absolute atomic E-state index is 5.30. The van der Waals surface area contributed by atoms with Crippen molar-refractivity contribution in [3.63, 3.8) is 0 Å². The standard InChI is InChI=1S/2C16H13.C6H5.3CH3.H2Si.Zr/c2*1-12-10-14-8-5-9-15(16(14)11-12)13-6-3-2-4-7-13;1-2-4-6-5-3-1;;;;;/h2*2-11H,1H3;1-5H;3*1H3;1H2;. The molecule has 0 heterocycles. The van der Waals surface area contributed by atoms with E-state index in [1.54, 1.807) is 3.27 Å². The van der Waals surface area contributed by atoms with Gasteiger partial charge < -0.3 is 0 Å². The fourth-order valence-corrected chi connectivity index (χ4v) is 44.7. The predicted molar refractivity (Wildman–Crippen MR) is 189 cm³/mol. The van der Waals surface area contributed by atoms with Crippen molar-refractivity contribution >= 4 is 22.3 Å². The summed E-state index contributed by atoms with van der Waals surface area (Å²) in [5.74, 6) is 0. The molecule has 0 saturated carbocycles. The van der Waals surface area contributed by atoms with Gasteiger partial charge in [0.25, 0.3) is 0 Å². The number of hydrogen-bond acceptors (Lipinski definition) is 0. The fraction of sp³-hybridized carbons (Fsp3) is 0.171. The molecule has 2 atom stereocenters. The van der Waals surface area contributed by atoms with Crippen molar-refractivity contribution in [3.05, 3.63) is 161 Å². The summed E-state index contributed by atoms with van der Waals surface area (Å²) in [6.45, 7) is 7.25. The second-order valence-electron chi connectivity index (χ2n) is 16.4. The van der Waals surface area contributed by atoms with Crippen molar-refractivity contribution in [1.29, 1.82) is 0 Å². The molecule has 0 fully saturated rings. The summed E-state index contributed by atoms with van der Waals surface area (Å²) in [6, 6.07) is 47.6. The van der Waals surface area contributed by atoms with Crippen LogP contribution in [-0.4, -0.2) is 6.88 Å². The molecule has 0 spiro atoms. The van der Waals surface area contributed by atoms with Crippen molar-refractivity contribution in [3.8, 4) is 22.3 Å². The summed E-state index contributed by atoms with van der Waals surface area (Å²) in [7, 11) is 0. The molecule has 2 heteroatoms. The molecule has 0 bridgehead atoms. The van der Waals surface area contributed by atoms with Crippen molar-refractivity contribution in [2.24, 2.45) is 0 Å². The molecule has 0 nitrogen and oxygen atoms in total. The predicted octanol–water partition coefficient (Wildman–Crippen LogP) is 10.4. The van der Waals surface area contributed by atoms with Crippen molar-refractivity contribution in [1.82, 2.24) is 0 Å². The van der Waals surface area contributed by atoms with Crippen LogP contribution in [0.4, 0.5) is 0 Å². The Morgan fingerprint density at radius 2 is 0.837 bits per heavy atom. The zero-order chi connectivity index (χ0) is 30.1. The molecule has 43 heavy (non-hydrogen) atoms. The maximum atomic E-state index is 2.78. The zero-order valence-electron chi connectivity index (χ0n) is 26.1. The average molecular weight is 654 g/mol. The SMILES string of the molecule is CC1=Cc2c(-c3ccccc3)cccc2[CH]1[Zr]([CH3])([CH3])([CH3])(=[SiH2])([c]1ccccc1)[CH]1C(C)=Cc2c(-c3ccccc3)cccc21. The van der Waals surface area contributed by atoms with Gasteiger partial charge in [0.2, 0.25) is 0 Å². The molecule has 214 valence electrons. The summed E-state index contributed by atoms with van der Waals surface area (Å²) in [5, 5.41) is 0. The van der Waals surface area contributed by atoms with E-state index < -0.39 is 14.4 Å². The van der Waals surface area contributed by atoms with E-state index in [2.05, 4.69) is 174 Å². The zero-order valence-corrected chi connectivity index (χ0v) is 30.0. The molecule has 0 aliphatic heterocycles. The van der Waals surface area contributed by atoms with Crippen LogP contribution in [0.1, 0.15) is 43.4 Å². The van der Waals surface area contributed by atoms with Crippen LogP contribution in [0.15, 0.2) is 139 Å². The van der Waals surface area contributed by atoms with Gasteiger partial charge in [-0.15, -0.1) is 0 Å². The summed E-state index contributed by atoms with van der Waals surface area (Å²) in [6.07, 6.45) is 5.05. The van der Waals surface area contributed by atoms with Crippen molar-refractivity contribution in [2.45, 2.75) is 35.0 Å². The van der Waals surface area contributed by atoms with Crippen molar-refractivity contribution in [2.75, 3.05) is 0 Å². The first-order chi connectivity index (χ1) is 20.4. The third-order valence-electron chi connectivity index (χ3n) is 11.7. The second-order valence-corrected chi connectivity index (χ2v) is 70.1. The number of hydrogen-bond donors (Lipinski definition) is 0. The van der Waals surface area contributed by atoms with Crippen LogP contribution in [0.25, 0.3) is 34.4 Å². The third kappa shape index (κ3) is 3.82. The Labute approximate surface area is 253 Å². The van der Waals surface area contributed by atoms with E-state index in [9.17, 15) is 0 Å². The second kappa shape index (κ2) is 8.65. The van der Waals surface area contributed by atoms with Gasteiger partial charge in [-0.3, -0.25) is 0 Å². The molecule has 0 N–H and O–H groups in total. The van der Waals surface area contributed by atoms with E-state index in [-0.39, 0.29) is 0 Å². The van der Waals surface area contributed by atoms with Crippen LogP contribution in [0, 0.1) is 0 Å². The molecule has 0 amide bonds. The summed E-state index contributed by atoms with van der Waals surface area (Å²) >= 11 is -5.30. The number of allylic oxidation sites excluding steroid dienone is 2. The Balaban J connectivity index is 1.58. The average Bonchev–Trinajstić information content (AvgIpc) is 3.56. The summed E-state index contributed by atoms with van der Waals surface area (Å²) in [5.41, 5.74) is 14.0. The van der Waals surface area contributed by atoms with Gasteiger partial charge in [-0.2, -0.15) is 0 Å². The number of benzene rings is 5. The van der Waals surface area contributed by atoms with Gasteiger partial charge in [0.15, 0.2) is 0 Å². The molecule has 2 aliphatic carbocycles. The van der Waals surface area contributed by atoms with Gasteiger partial charge in [0.05, 0.1) is 0 Å². The minimum atomic E-state index is -5.30. The molecule has 0 radical (unpaired) electrons. The number of rotatable bonds is 5. The Kier molecular flexibility index (Phi) is 5.72. The van der Waals surface area contributed by atoms with Crippen LogP contribution >= 0.6 is 0 Å². The van der Waals surface area contributed by atoms with E-state index in [1.807, 2.05) is 0 Å². The molecule has 5 aromatic carbocycles. The van der Waals surface area contributed by atoms with Gasteiger partial charge in [-0.1, -0.05) is 0 Å². The molecule has 2 aliphatic rings. The number of fused-ring (bicyclic) bond motifs is 2. The molecular formula is C41H42SiZr. The molecule has 2 unspecified atom stereocenters. The Morgan fingerprint density at radius 3 is 1.23 bits per heavy atom. The first-order valence-electron chi connectivity index (χ1n) is 15.7. The van der Waals surface area contributed by atoms with Gasteiger partial charge in [0, 0.05) is 0 Å². The van der Waals surface area contributed by atoms with Crippen LogP contribution in [-0.2, 0) is 14.4 Å². The van der Waals surface area contributed by atoms with Crippen molar-refractivity contribution < 1.29 is 14.4 Å². The normalized spacial score (nSPS) is 20.1. The van der Waals surface area contributed by atoms with E-state index in [1.165, 1.54) is 55.7 Å². The third-order valence-corrected chi connectivity index (χ3v) is 44.0. The van der Waals surface area contributed by atoms with E-state index in [0.29, 0.717) is 7.25 Å². The fourth-order valence-electron chi connectivity index (χ4n) is 10.3. The minimum absolute atomic E-state index is 0.302. The molecule has 5 aromatic rings. The van der Waals surface area contributed by atoms with Gasteiger partial charge in [-0.25, -0.2) is 0 Å². The van der Waals surface area contributed by atoms with E-state index >= 15 is 0 Å². The van der Waals surface area contributed by atoms with Gasteiger partial charge >= 0.3 is 255 Å². The van der Waals surface area contributed by atoms with Crippen LogP contribution in [0.3, 0.4) is 0 Å². The van der Waals surface area contributed by atoms with E-state index in [4.69, 9.17) is 0 Å². The summed E-state index contributed by atoms with van der Waals surface area (Å²) in [4.78, 5) is 0. The van der Waals surface area contributed by atoms with Gasteiger partial charge in [-0.05, 0) is 0 Å². The van der Waals surface area contributed by atoms with Gasteiger partial charge in [0.1, 0.15) is 0 Å². The molecular weight excluding hydrogens is 612 g/mol. The Bertz CT molecular complexity index is 1990. The molecule has 0 saturated heterocycles. The first-order valence-corrected chi connectivity index (χ1v) is 33.1.